The molecule has 1 heterocycles. The molecule has 134 valence electrons. The molecule has 1 aliphatic rings. The van der Waals surface area contributed by atoms with Crippen molar-refractivity contribution in [3.63, 3.8) is 0 Å². The molecule has 2 atom stereocenters. The monoisotopic (exact) mass is 331 g/mol. The third-order valence-corrected chi connectivity index (χ3v) is 5.03. The molecule has 24 heavy (non-hydrogen) atoms. The van der Waals surface area contributed by atoms with E-state index in [1.165, 1.54) is 5.56 Å². The van der Waals surface area contributed by atoms with Gasteiger partial charge in [0, 0.05) is 12.1 Å². The van der Waals surface area contributed by atoms with Crippen LogP contribution in [-0.4, -0.2) is 34.1 Å². The molecule has 0 aromatic heterocycles. The van der Waals surface area contributed by atoms with E-state index < -0.39 is 12.0 Å². The van der Waals surface area contributed by atoms with Gasteiger partial charge < -0.3 is 10.0 Å². The van der Waals surface area contributed by atoms with E-state index in [9.17, 15) is 9.90 Å². The number of benzene rings is 1. The number of aliphatic hydroxyl groups is 1. The number of aliphatic hydroxyl groups excluding tert-OH is 1. The second kappa shape index (κ2) is 6.18. The number of amides is 1. The minimum absolute atomic E-state index is 0.0619. The van der Waals surface area contributed by atoms with Crippen molar-refractivity contribution in [1.82, 2.24) is 4.90 Å². The number of likely N-dealkylation sites (tertiary alicyclic amines) is 1. The summed E-state index contributed by atoms with van der Waals surface area (Å²) in [7, 11) is 0. The number of nitrogens with zero attached hydrogens (tertiary/aromatic N) is 1. The van der Waals surface area contributed by atoms with E-state index >= 15 is 0 Å². The Morgan fingerprint density at radius 3 is 2.04 bits per heavy atom. The van der Waals surface area contributed by atoms with Crippen molar-refractivity contribution < 1.29 is 9.90 Å². The van der Waals surface area contributed by atoms with Crippen molar-refractivity contribution in [2.75, 3.05) is 6.54 Å². The first-order valence-corrected chi connectivity index (χ1v) is 8.91. The fourth-order valence-corrected chi connectivity index (χ4v) is 4.65. The standard InChI is InChI=1S/C21H33NO2/c1-13-9-14(2)17(15(3)10-13)18-16(23)11-22(19(18)24)21(7,8)12-20(4,5)6/h9-10,16,18,23H,11-12H2,1-8H3. The Hall–Kier alpha value is -1.35. The van der Waals surface area contributed by atoms with Gasteiger partial charge in [0.05, 0.1) is 12.0 Å². The topological polar surface area (TPSA) is 40.5 Å². The number of carbonyl (C=O) groups is 1. The van der Waals surface area contributed by atoms with Crippen LogP contribution in [0.4, 0.5) is 0 Å². The molecule has 1 saturated heterocycles. The van der Waals surface area contributed by atoms with Crippen molar-refractivity contribution in [2.24, 2.45) is 5.41 Å². The molecule has 3 heteroatoms. The number of carbonyl (C=O) groups excluding carboxylic acids is 1. The van der Waals surface area contributed by atoms with Crippen LogP contribution < -0.4 is 0 Å². The summed E-state index contributed by atoms with van der Waals surface area (Å²) < 4.78 is 0. The lowest BCUT2D eigenvalue weighted by atomic mass is 9.80. The lowest BCUT2D eigenvalue weighted by molar-refractivity contribution is -0.134. The van der Waals surface area contributed by atoms with E-state index in [0.29, 0.717) is 6.54 Å². The fourth-order valence-electron chi connectivity index (χ4n) is 4.65. The molecule has 1 aliphatic heterocycles. The highest BCUT2D eigenvalue weighted by atomic mass is 16.3. The molecule has 2 unspecified atom stereocenters. The van der Waals surface area contributed by atoms with E-state index in [1.807, 2.05) is 18.7 Å². The van der Waals surface area contributed by atoms with Gasteiger partial charge in [0.15, 0.2) is 0 Å². The second-order valence-corrected chi connectivity index (χ2v) is 9.36. The normalized spacial score (nSPS) is 22.4. The predicted octanol–water partition coefficient (Wildman–Crippen LogP) is 4.11. The predicted molar refractivity (Wildman–Crippen MR) is 99.3 cm³/mol. The Bertz CT molecular complexity index is 617. The molecule has 0 spiro atoms. The maximum atomic E-state index is 13.2. The Labute approximate surface area is 147 Å². The van der Waals surface area contributed by atoms with E-state index in [0.717, 1.165) is 23.1 Å². The van der Waals surface area contributed by atoms with Gasteiger partial charge in [-0.2, -0.15) is 0 Å². The van der Waals surface area contributed by atoms with E-state index in [2.05, 4.69) is 53.7 Å². The zero-order valence-electron chi connectivity index (χ0n) is 16.5. The summed E-state index contributed by atoms with van der Waals surface area (Å²) in [5.74, 6) is -0.378. The maximum Gasteiger partial charge on any atom is 0.233 e. The van der Waals surface area contributed by atoms with Crippen LogP contribution in [0.2, 0.25) is 0 Å². The third kappa shape index (κ3) is 3.66. The average Bonchev–Trinajstić information content (AvgIpc) is 2.63. The molecule has 0 aliphatic carbocycles. The van der Waals surface area contributed by atoms with E-state index in [4.69, 9.17) is 0 Å². The quantitative estimate of drug-likeness (QED) is 0.905. The van der Waals surface area contributed by atoms with Crippen LogP contribution in [0.15, 0.2) is 12.1 Å². The Morgan fingerprint density at radius 1 is 1.08 bits per heavy atom. The molecule has 1 aromatic carbocycles. The molecular formula is C21H33NO2. The molecule has 0 bridgehead atoms. The second-order valence-electron chi connectivity index (χ2n) is 9.36. The van der Waals surface area contributed by atoms with Crippen LogP contribution in [0.3, 0.4) is 0 Å². The van der Waals surface area contributed by atoms with Crippen LogP contribution >= 0.6 is 0 Å². The first kappa shape index (κ1) is 19.0. The van der Waals surface area contributed by atoms with E-state index in [1.54, 1.807) is 0 Å². The third-order valence-electron chi connectivity index (χ3n) is 5.03. The van der Waals surface area contributed by atoms with Crippen LogP contribution in [0, 0.1) is 26.2 Å². The van der Waals surface area contributed by atoms with Crippen molar-refractivity contribution in [3.05, 3.63) is 34.4 Å². The lowest BCUT2D eigenvalue weighted by Crippen LogP contribution is -2.47. The Balaban J connectivity index is 2.38. The minimum Gasteiger partial charge on any atom is -0.390 e. The molecule has 1 aromatic rings. The zero-order valence-corrected chi connectivity index (χ0v) is 16.5. The average molecular weight is 332 g/mol. The molecule has 1 fully saturated rings. The molecule has 0 saturated carbocycles. The summed E-state index contributed by atoms with van der Waals surface area (Å²) in [4.78, 5) is 15.1. The SMILES string of the molecule is Cc1cc(C)c(C2C(=O)N(C(C)(C)CC(C)(C)C)CC2O)c(C)c1. The molecule has 1 amide bonds. The van der Waals surface area contributed by atoms with Gasteiger partial charge in [0.2, 0.25) is 5.91 Å². The fraction of sp³-hybridized carbons (Fsp3) is 0.667. The highest BCUT2D eigenvalue weighted by Crippen LogP contribution is 2.40. The largest absolute Gasteiger partial charge is 0.390 e. The van der Waals surface area contributed by atoms with Crippen LogP contribution in [0.25, 0.3) is 0 Å². The van der Waals surface area contributed by atoms with Crippen molar-refractivity contribution in [1.29, 1.82) is 0 Å². The summed E-state index contributed by atoms with van der Waals surface area (Å²) in [5, 5.41) is 10.7. The number of aryl methyl sites for hydroxylation is 3. The van der Waals surface area contributed by atoms with Gasteiger partial charge in [0.1, 0.15) is 0 Å². The van der Waals surface area contributed by atoms with E-state index in [-0.39, 0.29) is 16.9 Å². The highest BCUT2D eigenvalue weighted by molar-refractivity contribution is 5.88. The van der Waals surface area contributed by atoms with Crippen LogP contribution in [0.1, 0.15) is 69.2 Å². The van der Waals surface area contributed by atoms with Gasteiger partial charge in [-0.1, -0.05) is 38.5 Å². The summed E-state index contributed by atoms with van der Waals surface area (Å²) in [5.41, 5.74) is 4.26. The summed E-state index contributed by atoms with van der Waals surface area (Å²) in [6, 6.07) is 4.20. The Kier molecular flexibility index (Phi) is 4.89. The summed E-state index contributed by atoms with van der Waals surface area (Å²) >= 11 is 0. The van der Waals surface area contributed by atoms with Gasteiger partial charge >= 0.3 is 0 Å². The molecule has 1 N–H and O–H groups in total. The van der Waals surface area contributed by atoms with Gasteiger partial charge in [-0.15, -0.1) is 0 Å². The number of β-amino-alcohol motifs (C(OH)–C–C–N with tert-alkyl or cyclic N) is 1. The summed E-state index contributed by atoms with van der Waals surface area (Å²) in [6.07, 6.45) is 0.258. The Morgan fingerprint density at radius 2 is 1.58 bits per heavy atom. The smallest absolute Gasteiger partial charge is 0.233 e. The number of hydrogen-bond acceptors (Lipinski definition) is 2. The maximum absolute atomic E-state index is 13.2. The van der Waals surface area contributed by atoms with Gasteiger partial charge in [0.25, 0.3) is 0 Å². The van der Waals surface area contributed by atoms with Crippen molar-refractivity contribution in [3.8, 4) is 0 Å². The van der Waals surface area contributed by atoms with Gasteiger partial charge in [-0.3, -0.25) is 4.79 Å². The molecule has 2 rings (SSSR count). The van der Waals surface area contributed by atoms with Gasteiger partial charge in [-0.05, 0) is 63.1 Å². The van der Waals surface area contributed by atoms with Gasteiger partial charge in [-0.25, -0.2) is 0 Å². The first-order valence-electron chi connectivity index (χ1n) is 8.91. The summed E-state index contributed by atoms with van der Waals surface area (Å²) in [6.45, 7) is 17.4. The number of rotatable bonds is 3. The minimum atomic E-state index is -0.642. The molecular weight excluding hydrogens is 298 g/mol. The highest BCUT2D eigenvalue weighted by Gasteiger charge is 2.47. The lowest BCUT2D eigenvalue weighted by Gasteiger charge is -2.40. The zero-order chi connectivity index (χ0) is 18.4. The number of hydrogen-bond donors (Lipinski definition) is 1. The van der Waals surface area contributed by atoms with Crippen LogP contribution in [0.5, 0.6) is 0 Å². The molecule has 3 nitrogen and oxygen atoms in total. The van der Waals surface area contributed by atoms with Crippen molar-refractivity contribution in [2.45, 2.75) is 79.4 Å². The molecule has 0 radical (unpaired) electrons. The van der Waals surface area contributed by atoms with Crippen LogP contribution in [-0.2, 0) is 4.79 Å². The van der Waals surface area contributed by atoms with Crippen molar-refractivity contribution >= 4 is 5.91 Å². The first-order chi connectivity index (χ1) is 10.8.